The summed E-state index contributed by atoms with van der Waals surface area (Å²) in [5.41, 5.74) is -0.296. The molecule has 286 valence electrons. The van der Waals surface area contributed by atoms with E-state index in [0.717, 1.165) is 0 Å². The number of carbonyl (C=O) groups excluding carboxylic acids is 3. The molecule has 13 unspecified atom stereocenters. The van der Waals surface area contributed by atoms with E-state index < -0.39 is 109 Å². The number of phenolic OH excluding ortho intramolecular Hbond substituents is 1. The van der Waals surface area contributed by atoms with Gasteiger partial charge in [0.15, 0.2) is 12.4 Å². The van der Waals surface area contributed by atoms with E-state index in [2.05, 4.69) is 6.58 Å². The number of hydrogen-bond donors (Lipinski definition) is 7. The first-order chi connectivity index (χ1) is 24.0. The van der Waals surface area contributed by atoms with Crippen molar-refractivity contribution in [1.29, 1.82) is 0 Å². The molecule has 1 saturated heterocycles. The second-order valence-electron chi connectivity index (χ2n) is 14.5. The third-order valence-electron chi connectivity index (χ3n) is 10.8. The Morgan fingerprint density at radius 2 is 1.65 bits per heavy atom. The van der Waals surface area contributed by atoms with Gasteiger partial charge < -0.3 is 59.4 Å². The highest BCUT2D eigenvalue weighted by atomic mass is 16.7. The minimum absolute atomic E-state index is 0.000362. The molecule has 51 heavy (non-hydrogen) atoms. The highest BCUT2D eigenvalue weighted by Crippen LogP contribution is 2.56. The molecular weight excluding hydrogens is 672 g/mol. The van der Waals surface area contributed by atoms with Crippen LogP contribution >= 0.6 is 0 Å². The predicted molar refractivity (Wildman–Crippen MR) is 176 cm³/mol. The summed E-state index contributed by atoms with van der Waals surface area (Å²) in [5, 5.41) is 72.6. The Morgan fingerprint density at radius 3 is 2.25 bits per heavy atom. The Hall–Kier alpha value is -3.15. The fourth-order valence-electron chi connectivity index (χ4n) is 7.70. The fraction of sp³-hybridized carbons (Fsp3) is 0.694. The summed E-state index contributed by atoms with van der Waals surface area (Å²) in [6.07, 6.45) is -11.3. The zero-order valence-corrected chi connectivity index (χ0v) is 29.4. The van der Waals surface area contributed by atoms with Gasteiger partial charge in [0.2, 0.25) is 6.10 Å². The van der Waals surface area contributed by atoms with Crippen molar-refractivity contribution in [1.82, 2.24) is 0 Å². The zero-order valence-electron chi connectivity index (χ0n) is 29.4. The van der Waals surface area contributed by atoms with Crippen LogP contribution < -0.4 is 0 Å². The second kappa shape index (κ2) is 17.1. The number of ether oxygens (including phenoxy) is 5. The van der Waals surface area contributed by atoms with Crippen LogP contribution in [0, 0.1) is 29.1 Å². The molecule has 15 heteroatoms. The Kier molecular flexibility index (Phi) is 13.6. The van der Waals surface area contributed by atoms with Crippen molar-refractivity contribution in [3.05, 3.63) is 42.0 Å². The number of phenols is 1. The lowest BCUT2D eigenvalue weighted by molar-refractivity contribution is -0.307. The fourth-order valence-corrected chi connectivity index (χ4v) is 7.70. The molecule has 3 fully saturated rings. The molecule has 13 atom stereocenters. The average Bonchev–Trinajstić information content (AvgIpc) is 3.10. The molecule has 0 spiro atoms. The van der Waals surface area contributed by atoms with E-state index in [-0.39, 0.29) is 30.8 Å². The highest BCUT2D eigenvalue weighted by molar-refractivity contribution is 5.88. The number of aliphatic hydroxyl groups is 6. The van der Waals surface area contributed by atoms with Crippen molar-refractivity contribution in [2.24, 2.45) is 29.1 Å². The van der Waals surface area contributed by atoms with Gasteiger partial charge in [-0.1, -0.05) is 39.5 Å². The predicted octanol–water partition coefficient (Wildman–Crippen LogP) is 0.124. The molecule has 0 bridgehead atoms. The van der Waals surface area contributed by atoms with E-state index in [1.165, 1.54) is 19.2 Å². The monoisotopic (exact) mass is 724 g/mol. The van der Waals surface area contributed by atoms with Crippen molar-refractivity contribution in [2.45, 2.75) is 108 Å². The topological polar surface area (TPSA) is 239 Å². The molecule has 0 aromatic heterocycles. The molecule has 1 heterocycles. The van der Waals surface area contributed by atoms with E-state index in [0.29, 0.717) is 24.8 Å². The molecule has 3 aliphatic rings. The van der Waals surface area contributed by atoms with Crippen LogP contribution in [-0.2, 0) is 44.5 Å². The quantitative estimate of drug-likeness (QED) is 0.0813. The average molecular weight is 725 g/mol. The number of hydrogen-bond acceptors (Lipinski definition) is 15. The molecule has 2 aliphatic carbocycles. The first-order valence-corrected chi connectivity index (χ1v) is 17.3. The summed E-state index contributed by atoms with van der Waals surface area (Å²) in [6, 6.07) is 5.96. The van der Waals surface area contributed by atoms with Crippen LogP contribution in [0.2, 0.25) is 0 Å². The van der Waals surface area contributed by atoms with Crippen molar-refractivity contribution in [3.63, 3.8) is 0 Å². The van der Waals surface area contributed by atoms with Crippen LogP contribution in [0.5, 0.6) is 5.75 Å². The first-order valence-electron chi connectivity index (χ1n) is 17.3. The smallest absolute Gasteiger partial charge is 0.348 e. The third kappa shape index (κ3) is 8.91. The summed E-state index contributed by atoms with van der Waals surface area (Å²) < 4.78 is 27.9. The lowest BCUT2D eigenvalue weighted by Gasteiger charge is -2.56. The van der Waals surface area contributed by atoms with Crippen LogP contribution in [0.4, 0.5) is 0 Å². The summed E-state index contributed by atoms with van der Waals surface area (Å²) in [5.74, 6) is -4.90. The minimum Gasteiger partial charge on any atom is -0.508 e. The van der Waals surface area contributed by atoms with Gasteiger partial charge >= 0.3 is 17.9 Å². The molecule has 2 saturated carbocycles. The van der Waals surface area contributed by atoms with Gasteiger partial charge in [-0.05, 0) is 61.1 Å². The van der Waals surface area contributed by atoms with Crippen LogP contribution in [-0.4, -0.2) is 129 Å². The maximum absolute atomic E-state index is 13.9. The lowest BCUT2D eigenvalue weighted by atomic mass is 9.52. The largest absolute Gasteiger partial charge is 0.508 e. The maximum atomic E-state index is 13.9. The normalized spacial score (nSPS) is 34.9. The SMILES string of the molecule is C=C(C(=O)OC)C1CCC2(C)C(OC(=O)C(Cc3ccc(O)cc3)OC(=O)C(O)C(C)C)CCC(COC3OC(CO)C(O)C(O)C3O)C2C1O. The van der Waals surface area contributed by atoms with Crippen molar-refractivity contribution < 1.29 is 73.8 Å². The third-order valence-corrected chi connectivity index (χ3v) is 10.8. The molecular formula is C36H52O15. The number of rotatable bonds is 13. The van der Waals surface area contributed by atoms with Gasteiger partial charge in [-0.25, -0.2) is 14.4 Å². The number of esters is 3. The molecule has 1 aromatic carbocycles. The minimum atomic E-state index is -1.65. The van der Waals surface area contributed by atoms with Gasteiger partial charge in [0.1, 0.15) is 36.3 Å². The van der Waals surface area contributed by atoms with E-state index in [4.69, 9.17) is 23.7 Å². The standard InChI is InChI=1S/C36H52O15/c1-17(2)27(39)34(46)49-23(14-19-6-9-21(38)10-7-19)33(45)51-25-11-8-20(16-48-35-31(43)30(42)29(41)24(15-37)50-35)26-28(40)22(12-13-36(25,26)4)18(3)32(44)47-5/h6-7,9-10,17,20,22-31,35,37-43H,3,8,11-16H2,1-2,4-5H3. The van der Waals surface area contributed by atoms with E-state index in [9.17, 15) is 50.1 Å². The Morgan fingerprint density at radius 1 is 0.980 bits per heavy atom. The number of carbonyl (C=O) groups is 3. The van der Waals surface area contributed by atoms with Crippen LogP contribution in [0.1, 0.15) is 52.0 Å². The summed E-state index contributed by atoms with van der Waals surface area (Å²) >= 11 is 0. The van der Waals surface area contributed by atoms with Gasteiger partial charge in [0.25, 0.3) is 0 Å². The molecule has 1 aliphatic heterocycles. The zero-order chi connectivity index (χ0) is 37.8. The Bertz CT molecular complexity index is 1360. The molecule has 0 radical (unpaired) electrons. The first kappa shape index (κ1) is 40.6. The lowest BCUT2D eigenvalue weighted by Crippen LogP contribution is -2.61. The second-order valence-corrected chi connectivity index (χ2v) is 14.5. The van der Waals surface area contributed by atoms with E-state index >= 15 is 0 Å². The van der Waals surface area contributed by atoms with Gasteiger partial charge in [-0.15, -0.1) is 0 Å². The number of aliphatic hydroxyl groups excluding tert-OH is 6. The van der Waals surface area contributed by atoms with Crippen LogP contribution in [0.25, 0.3) is 0 Å². The van der Waals surface area contributed by atoms with Gasteiger partial charge in [0.05, 0.1) is 26.4 Å². The maximum Gasteiger partial charge on any atom is 0.348 e. The molecule has 4 rings (SSSR count). The van der Waals surface area contributed by atoms with Gasteiger partial charge in [-0.3, -0.25) is 0 Å². The van der Waals surface area contributed by atoms with Crippen molar-refractivity contribution >= 4 is 17.9 Å². The molecule has 0 amide bonds. The molecule has 15 nitrogen and oxygen atoms in total. The van der Waals surface area contributed by atoms with Gasteiger partial charge in [0, 0.05) is 23.3 Å². The summed E-state index contributed by atoms with van der Waals surface area (Å²) in [6.45, 7) is 8.20. The molecule has 1 aromatic rings. The van der Waals surface area contributed by atoms with E-state index in [1.54, 1.807) is 26.0 Å². The number of benzene rings is 1. The Balaban J connectivity index is 1.60. The summed E-state index contributed by atoms with van der Waals surface area (Å²) in [7, 11) is 1.21. The van der Waals surface area contributed by atoms with Crippen LogP contribution in [0.15, 0.2) is 36.4 Å². The number of aromatic hydroxyl groups is 1. The van der Waals surface area contributed by atoms with Crippen LogP contribution in [0.3, 0.4) is 0 Å². The number of fused-ring (bicyclic) bond motifs is 1. The highest BCUT2D eigenvalue weighted by Gasteiger charge is 2.58. The van der Waals surface area contributed by atoms with Crippen molar-refractivity contribution in [3.8, 4) is 5.75 Å². The number of methoxy groups -OCH3 is 1. The molecule has 7 N–H and O–H groups in total. The van der Waals surface area contributed by atoms with E-state index in [1.807, 2.05) is 6.92 Å². The van der Waals surface area contributed by atoms with Crippen molar-refractivity contribution in [2.75, 3.05) is 20.3 Å². The van der Waals surface area contributed by atoms with Gasteiger partial charge in [-0.2, -0.15) is 0 Å². The summed E-state index contributed by atoms with van der Waals surface area (Å²) in [4.78, 5) is 39.2. The Labute approximate surface area is 296 Å².